The van der Waals surface area contributed by atoms with E-state index in [0.29, 0.717) is 45.2 Å². The SMILES string of the molecule is COCCOCC(=O)N1CCN(c2cc(=O)[nH]c(N)n2)CC1. The molecular formula is C13H21N5O4. The molecule has 0 unspecified atom stereocenters. The first kappa shape index (κ1) is 16.2. The lowest BCUT2D eigenvalue weighted by molar-refractivity contribution is -0.136. The molecule has 0 spiro atoms. The number of piperazine rings is 1. The Balaban J connectivity index is 1.82. The van der Waals surface area contributed by atoms with Gasteiger partial charge in [0.1, 0.15) is 12.4 Å². The second-order valence-corrected chi connectivity index (χ2v) is 4.90. The van der Waals surface area contributed by atoms with Crippen molar-refractivity contribution in [2.45, 2.75) is 0 Å². The third kappa shape index (κ3) is 4.43. The summed E-state index contributed by atoms with van der Waals surface area (Å²) in [5.41, 5.74) is 5.25. The van der Waals surface area contributed by atoms with Crippen LogP contribution in [0, 0.1) is 0 Å². The summed E-state index contributed by atoms with van der Waals surface area (Å²) in [7, 11) is 1.58. The van der Waals surface area contributed by atoms with E-state index in [4.69, 9.17) is 15.2 Å². The first-order valence-electron chi connectivity index (χ1n) is 7.06. The van der Waals surface area contributed by atoms with Gasteiger partial charge in [-0.25, -0.2) is 0 Å². The first-order chi connectivity index (χ1) is 10.6. The Morgan fingerprint density at radius 2 is 2.09 bits per heavy atom. The van der Waals surface area contributed by atoms with Crippen molar-refractivity contribution < 1.29 is 14.3 Å². The van der Waals surface area contributed by atoms with Gasteiger partial charge in [-0.15, -0.1) is 0 Å². The fourth-order valence-electron chi connectivity index (χ4n) is 2.20. The van der Waals surface area contributed by atoms with E-state index in [-0.39, 0.29) is 24.0 Å². The molecule has 1 aliphatic rings. The van der Waals surface area contributed by atoms with E-state index in [1.165, 1.54) is 6.07 Å². The highest BCUT2D eigenvalue weighted by Gasteiger charge is 2.22. The number of rotatable bonds is 6. The molecule has 1 aromatic rings. The van der Waals surface area contributed by atoms with Crippen molar-refractivity contribution in [3.8, 4) is 0 Å². The molecule has 3 N–H and O–H groups in total. The number of carbonyl (C=O) groups excluding carboxylic acids is 1. The number of ether oxygens (including phenoxy) is 2. The Morgan fingerprint density at radius 1 is 1.36 bits per heavy atom. The van der Waals surface area contributed by atoms with Gasteiger partial charge in [0.15, 0.2) is 0 Å². The molecule has 9 heteroatoms. The summed E-state index contributed by atoms with van der Waals surface area (Å²) in [6.45, 7) is 3.23. The molecule has 0 aliphatic carbocycles. The van der Waals surface area contributed by atoms with Gasteiger partial charge in [0.05, 0.1) is 13.2 Å². The van der Waals surface area contributed by atoms with Gasteiger partial charge in [0, 0.05) is 39.4 Å². The zero-order valence-corrected chi connectivity index (χ0v) is 12.6. The predicted octanol–water partition coefficient (Wildman–Crippen LogP) is -1.34. The zero-order chi connectivity index (χ0) is 15.9. The Morgan fingerprint density at radius 3 is 2.73 bits per heavy atom. The minimum Gasteiger partial charge on any atom is -0.382 e. The van der Waals surface area contributed by atoms with Crippen LogP contribution in [0.5, 0.6) is 0 Å². The lowest BCUT2D eigenvalue weighted by atomic mass is 10.3. The maximum Gasteiger partial charge on any atom is 0.254 e. The van der Waals surface area contributed by atoms with Crippen molar-refractivity contribution in [3.05, 3.63) is 16.4 Å². The standard InChI is InChI=1S/C13H21N5O4/c1-21-6-7-22-9-12(20)18-4-2-17(3-5-18)10-8-11(19)16-13(14)15-10/h8H,2-7,9H2,1H3,(H3,14,15,16,19). The Kier molecular flexibility index (Phi) is 5.73. The molecule has 1 amide bonds. The van der Waals surface area contributed by atoms with Crippen LogP contribution in [0.25, 0.3) is 0 Å². The van der Waals surface area contributed by atoms with Gasteiger partial charge in [-0.1, -0.05) is 0 Å². The summed E-state index contributed by atoms with van der Waals surface area (Å²) in [5.74, 6) is 0.575. The van der Waals surface area contributed by atoms with Gasteiger partial charge in [-0.3, -0.25) is 14.6 Å². The number of amides is 1. The molecule has 1 saturated heterocycles. The van der Waals surface area contributed by atoms with Crippen LogP contribution in [0.2, 0.25) is 0 Å². The van der Waals surface area contributed by atoms with Gasteiger partial charge in [-0.05, 0) is 0 Å². The summed E-state index contributed by atoms with van der Waals surface area (Å²) in [6.07, 6.45) is 0. The van der Waals surface area contributed by atoms with Gasteiger partial charge >= 0.3 is 0 Å². The topological polar surface area (TPSA) is 114 Å². The van der Waals surface area contributed by atoms with Gasteiger partial charge in [0.2, 0.25) is 11.9 Å². The van der Waals surface area contributed by atoms with Crippen molar-refractivity contribution >= 4 is 17.7 Å². The fourth-order valence-corrected chi connectivity index (χ4v) is 2.20. The number of aromatic amines is 1. The summed E-state index contributed by atoms with van der Waals surface area (Å²) in [4.78, 5) is 33.5. The molecule has 0 bridgehead atoms. The third-order valence-corrected chi connectivity index (χ3v) is 3.36. The molecular weight excluding hydrogens is 290 g/mol. The highest BCUT2D eigenvalue weighted by molar-refractivity contribution is 5.77. The Labute approximate surface area is 128 Å². The number of methoxy groups -OCH3 is 1. The number of anilines is 2. The summed E-state index contributed by atoms with van der Waals surface area (Å²) >= 11 is 0. The average Bonchev–Trinajstić information content (AvgIpc) is 2.50. The molecule has 1 fully saturated rings. The number of nitrogens with two attached hydrogens (primary N) is 1. The van der Waals surface area contributed by atoms with Crippen LogP contribution in [0.15, 0.2) is 10.9 Å². The number of hydrogen-bond donors (Lipinski definition) is 2. The smallest absolute Gasteiger partial charge is 0.254 e. The minimum absolute atomic E-state index is 0.0471. The minimum atomic E-state index is -0.285. The highest BCUT2D eigenvalue weighted by atomic mass is 16.5. The van der Waals surface area contributed by atoms with Crippen LogP contribution in [0.1, 0.15) is 0 Å². The van der Waals surface area contributed by atoms with Crippen molar-refractivity contribution in [2.24, 2.45) is 0 Å². The number of hydrogen-bond acceptors (Lipinski definition) is 7. The van der Waals surface area contributed by atoms with Gasteiger partial charge in [0.25, 0.3) is 5.56 Å². The number of H-pyrrole nitrogens is 1. The van der Waals surface area contributed by atoms with E-state index >= 15 is 0 Å². The van der Waals surface area contributed by atoms with Crippen molar-refractivity contribution in [1.29, 1.82) is 0 Å². The molecule has 0 atom stereocenters. The highest BCUT2D eigenvalue weighted by Crippen LogP contribution is 2.12. The lowest BCUT2D eigenvalue weighted by Gasteiger charge is -2.35. The molecule has 1 aromatic heterocycles. The van der Waals surface area contributed by atoms with E-state index in [9.17, 15) is 9.59 Å². The van der Waals surface area contributed by atoms with Crippen LogP contribution in [0.3, 0.4) is 0 Å². The quantitative estimate of drug-likeness (QED) is 0.625. The van der Waals surface area contributed by atoms with Crippen LogP contribution in [0.4, 0.5) is 11.8 Å². The maximum absolute atomic E-state index is 12.0. The molecule has 122 valence electrons. The second-order valence-electron chi connectivity index (χ2n) is 4.90. The van der Waals surface area contributed by atoms with E-state index < -0.39 is 0 Å². The number of carbonyl (C=O) groups is 1. The van der Waals surface area contributed by atoms with Crippen LogP contribution in [-0.4, -0.2) is 73.9 Å². The number of aromatic nitrogens is 2. The first-order valence-corrected chi connectivity index (χ1v) is 7.06. The zero-order valence-electron chi connectivity index (χ0n) is 12.6. The average molecular weight is 311 g/mol. The molecule has 0 saturated carbocycles. The lowest BCUT2D eigenvalue weighted by Crippen LogP contribution is -2.50. The maximum atomic E-state index is 12.0. The number of nitrogens with one attached hydrogen (secondary N) is 1. The Bertz CT molecular complexity index is 554. The molecule has 0 aromatic carbocycles. The normalized spacial score (nSPS) is 15.1. The molecule has 9 nitrogen and oxygen atoms in total. The van der Waals surface area contributed by atoms with Crippen LogP contribution < -0.4 is 16.2 Å². The molecule has 2 heterocycles. The third-order valence-electron chi connectivity index (χ3n) is 3.36. The van der Waals surface area contributed by atoms with Crippen molar-refractivity contribution in [1.82, 2.24) is 14.9 Å². The summed E-state index contributed by atoms with van der Waals surface area (Å²) in [6, 6.07) is 1.40. The van der Waals surface area contributed by atoms with Crippen LogP contribution in [-0.2, 0) is 14.3 Å². The fraction of sp³-hybridized carbons (Fsp3) is 0.615. The van der Waals surface area contributed by atoms with Crippen LogP contribution >= 0.6 is 0 Å². The summed E-state index contributed by atoms with van der Waals surface area (Å²) < 4.78 is 10.1. The predicted molar refractivity (Wildman–Crippen MR) is 80.8 cm³/mol. The number of nitrogens with zero attached hydrogens (tertiary/aromatic N) is 3. The van der Waals surface area contributed by atoms with E-state index in [0.717, 1.165) is 0 Å². The van der Waals surface area contributed by atoms with E-state index in [1.54, 1.807) is 12.0 Å². The van der Waals surface area contributed by atoms with Gasteiger partial charge in [-0.2, -0.15) is 4.98 Å². The number of nitrogen functional groups attached to an aromatic ring is 1. The molecule has 2 rings (SSSR count). The van der Waals surface area contributed by atoms with Gasteiger partial charge < -0.3 is 25.0 Å². The van der Waals surface area contributed by atoms with Crippen molar-refractivity contribution in [3.63, 3.8) is 0 Å². The monoisotopic (exact) mass is 311 g/mol. The molecule has 0 radical (unpaired) electrons. The largest absolute Gasteiger partial charge is 0.382 e. The molecule has 22 heavy (non-hydrogen) atoms. The molecule has 1 aliphatic heterocycles. The van der Waals surface area contributed by atoms with Crippen molar-refractivity contribution in [2.75, 3.05) is 63.7 Å². The summed E-state index contributed by atoms with van der Waals surface area (Å²) in [5, 5.41) is 0. The van der Waals surface area contributed by atoms with E-state index in [2.05, 4.69) is 9.97 Å². The Hall–Kier alpha value is -2.13. The second kappa shape index (κ2) is 7.76. The van der Waals surface area contributed by atoms with E-state index in [1.807, 2.05) is 4.90 Å².